The maximum Gasteiger partial charge on any atom is 0.251 e. The first-order chi connectivity index (χ1) is 12.1. The molecule has 0 bridgehead atoms. The number of carbonyl (C=O) groups excluding carboxylic acids is 1. The Morgan fingerprint density at radius 2 is 1.76 bits per heavy atom. The largest absolute Gasteiger partial charge is 0.379 e. The van der Waals surface area contributed by atoms with Crippen molar-refractivity contribution in [2.24, 2.45) is 0 Å². The smallest absolute Gasteiger partial charge is 0.251 e. The Kier molecular flexibility index (Phi) is 6.18. The van der Waals surface area contributed by atoms with Crippen molar-refractivity contribution < 1.29 is 13.9 Å². The summed E-state index contributed by atoms with van der Waals surface area (Å²) in [6, 6.07) is 13.7. The van der Waals surface area contributed by atoms with Gasteiger partial charge in [-0.05, 0) is 42.0 Å². The molecule has 6 heteroatoms. The molecule has 1 atom stereocenters. The monoisotopic (exact) mass is 406 g/mol. The number of ether oxygens (including phenoxy) is 1. The van der Waals surface area contributed by atoms with Gasteiger partial charge in [-0.2, -0.15) is 0 Å². The Labute approximate surface area is 155 Å². The molecule has 1 heterocycles. The molecule has 1 aliphatic heterocycles. The molecule has 1 aliphatic rings. The molecule has 0 aliphatic carbocycles. The van der Waals surface area contributed by atoms with E-state index in [0.717, 1.165) is 23.1 Å². The molecular weight excluding hydrogens is 387 g/mol. The van der Waals surface area contributed by atoms with Gasteiger partial charge in [-0.25, -0.2) is 4.39 Å². The average molecular weight is 407 g/mol. The van der Waals surface area contributed by atoms with Crippen LogP contribution in [-0.4, -0.2) is 43.7 Å². The maximum atomic E-state index is 13.3. The maximum absolute atomic E-state index is 13.3. The number of amides is 1. The molecule has 0 aromatic heterocycles. The summed E-state index contributed by atoms with van der Waals surface area (Å²) in [5, 5.41) is 3.00. The lowest BCUT2D eigenvalue weighted by Gasteiger charge is -2.35. The summed E-state index contributed by atoms with van der Waals surface area (Å²) in [6.07, 6.45) is 0. The van der Waals surface area contributed by atoms with E-state index in [0.29, 0.717) is 25.3 Å². The van der Waals surface area contributed by atoms with Gasteiger partial charge in [0.15, 0.2) is 0 Å². The van der Waals surface area contributed by atoms with Crippen molar-refractivity contribution in [1.29, 1.82) is 0 Å². The highest BCUT2D eigenvalue weighted by Gasteiger charge is 2.23. The normalized spacial score (nSPS) is 16.4. The number of carbonyl (C=O) groups is 1. The number of rotatable bonds is 5. The van der Waals surface area contributed by atoms with Crippen LogP contribution in [0.2, 0.25) is 0 Å². The Morgan fingerprint density at radius 1 is 1.12 bits per heavy atom. The first kappa shape index (κ1) is 18.0. The Morgan fingerprint density at radius 3 is 2.40 bits per heavy atom. The van der Waals surface area contributed by atoms with E-state index in [1.807, 2.05) is 12.1 Å². The summed E-state index contributed by atoms with van der Waals surface area (Å²) >= 11 is 3.36. The number of benzene rings is 2. The van der Waals surface area contributed by atoms with E-state index in [4.69, 9.17) is 4.74 Å². The second kappa shape index (κ2) is 8.56. The standard InChI is InChI=1S/C19H20BrFN2O2/c20-16-5-1-15(2-6-16)19(24)22-13-18(23-9-11-25-12-10-23)14-3-7-17(21)8-4-14/h1-8,18H,9-13H2,(H,22,24)/t18-/m1/s1. The van der Waals surface area contributed by atoms with Crippen LogP contribution in [0.4, 0.5) is 4.39 Å². The van der Waals surface area contributed by atoms with Crippen molar-refractivity contribution in [3.63, 3.8) is 0 Å². The zero-order valence-electron chi connectivity index (χ0n) is 13.8. The van der Waals surface area contributed by atoms with Gasteiger partial charge in [0.25, 0.3) is 5.91 Å². The molecular formula is C19H20BrFN2O2. The van der Waals surface area contributed by atoms with Crippen LogP contribution in [-0.2, 0) is 4.74 Å². The zero-order valence-corrected chi connectivity index (χ0v) is 15.3. The highest BCUT2D eigenvalue weighted by atomic mass is 79.9. The third-order valence-corrected chi connectivity index (χ3v) is 4.83. The SMILES string of the molecule is O=C(NC[C@H](c1ccc(F)cc1)N1CCOCC1)c1ccc(Br)cc1. The second-order valence-corrected chi connectivity index (χ2v) is 6.85. The number of morpholine rings is 1. The van der Waals surface area contributed by atoms with Crippen LogP contribution in [0.5, 0.6) is 0 Å². The number of nitrogens with zero attached hydrogens (tertiary/aromatic N) is 1. The summed E-state index contributed by atoms with van der Waals surface area (Å²) in [7, 11) is 0. The summed E-state index contributed by atoms with van der Waals surface area (Å²) in [5.74, 6) is -0.378. The van der Waals surface area contributed by atoms with E-state index in [1.54, 1.807) is 24.3 Å². The van der Waals surface area contributed by atoms with E-state index >= 15 is 0 Å². The molecule has 0 radical (unpaired) electrons. The summed E-state index contributed by atoms with van der Waals surface area (Å²) < 4.78 is 19.6. The number of halogens is 2. The Bertz CT molecular complexity index is 700. The molecule has 0 unspecified atom stereocenters. The van der Waals surface area contributed by atoms with Crippen molar-refractivity contribution in [2.75, 3.05) is 32.8 Å². The molecule has 1 N–H and O–H groups in total. The van der Waals surface area contributed by atoms with Crippen LogP contribution < -0.4 is 5.32 Å². The summed E-state index contributed by atoms with van der Waals surface area (Å²) in [4.78, 5) is 14.7. The summed E-state index contributed by atoms with van der Waals surface area (Å²) in [6.45, 7) is 3.36. The zero-order chi connectivity index (χ0) is 17.6. The molecule has 0 spiro atoms. The number of hydrogen-bond donors (Lipinski definition) is 1. The van der Waals surface area contributed by atoms with E-state index < -0.39 is 0 Å². The lowest BCUT2D eigenvalue weighted by atomic mass is 10.0. The number of hydrogen-bond acceptors (Lipinski definition) is 3. The molecule has 4 nitrogen and oxygen atoms in total. The topological polar surface area (TPSA) is 41.6 Å². The average Bonchev–Trinajstić information content (AvgIpc) is 2.64. The van der Waals surface area contributed by atoms with Gasteiger partial charge in [0.1, 0.15) is 5.82 Å². The predicted molar refractivity (Wildman–Crippen MR) is 98.0 cm³/mol. The molecule has 1 saturated heterocycles. The predicted octanol–water partition coefficient (Wildman–Crippen LogP) is 3.39. The summed E-state index contributed by atoms with van der Waals surface area (Å²) in [5.41, 5.74) is 1.60. The van der Waals surface area contributed by atoms with Crippen molar-refractivity contribution >= 4 is 21.8 Å². The minimum absolute atomic E-state index is 0.0103. The van der Waals surface area contributed by atoms with Gasteiger partial charge in [0.05, 0.1) is 19.3 Å². The minimum Gasteiger partial charge on any atom is -0.379 e. The molecule has 2 aromatic rings. The van der Waals surface area contributed by atoms with Gasteiger partial charge in [-0.3, -0.25) is 9.69 Å². The molecule has 1 fully saturated rings. The molecule has 3 rings (SSSR count). The first-order valence-electron chi connectivity index (χ1n) is 8.24. The Balaban J connectivity index is 1.71. The van der Waals surface area contributed by atoms with Gasteiger partial charge in [0, 0.05) is 29.7 Å². The second-order valence-electron chi connectivity index (χ2n) is 5.93. The van der Waals surface area contributed by atoms with Crippen molar-refractivity contribution in [2.45, 2.75) is 6.04 Å². The van der Waals surface area contributed by atoms with Gasteiger partial charge in [-0.15, -0.1) is 0 Å². The van der Waals surface area contributed by atoms with Crippen LogP contribution in [0.15, 0.2) is 53.0 Å². The lowest BCUT2D eigenvalue weighted by Crippen LogP contribution is -2.43. The molecule has 25 heavy (non-hydrogen) atoms. The van der Waals surface area contributed by atoms with Crippen LogP contribution in [0.25, 0.3) is 0 Å². The lowest BCUT2D eigenvalue weighted by molar-refractivity contribution is 0.0162. The van der Waals surface area contributed by atoms with Crippen molar-refractivity contribution in [3.05, 3.63) is 69.9 Å². The van der Waals surface area contributed by atoms with Crippen LogP contribution in [0.3, 0.4) is 0 Å². The van der Waals surface area contributed by atoms with E-state index in [2.05, 4.69) is 26.1 Å². The minimum atomic E-state index is -0.261. The van der Waals surface area contributed by atoms with Gasteiger partial charge < -0.3 is 10.1 Å². The fourth-order valence-corrected chi connectivity index (χ4v) is 3.19. The Hall–Kier alpha value is -1.76. The van der Waals surface area contributed by atoms with Gasteiger partial charge >= 0.3 is 0 Å². The van der Waals surface area contributed by atoms with Crippen LogP contribution in [0, 0.1) is 5.82 Å². The third-order valence-electron chi connectivity index (χ3n) is 4.30. The van der Waals surface area contributed by atoms with E-state index in [9.17, 15) is 9.18 Å². The quantitative estimate of drug-likeness (QED) is 0.827. The highest BCUT2D eigenvalue weighted by Crippen LogP contribution is 2.22. The highest BCUT2D eigenvalue weighted by molar-refractivity contribution is 9.10. The van der Waals surface area contributed by atoms with Crippen LogP contribution >= 0.6 is 15.9 Å². The van der Waals surface area contributed by atoms with Gasteiger partial charge in [-0.1, -0.05) is 28.1 Å². The fraction of sp³-hybridized carbons (Fsp3) is 0.316. The van der Waals surface area contributed by atoms with Crippen molar-refractivity contribution in [1.82, 2.24) is 10.2 Å². The molecule has 0 saturated carbocycles. The molecule has 132 valence electrons. The fourth-order valence-electron chi connectivity index (χ4n) is 2.92. The van der Waals surface area contributed by atoms with Crippen molar-refractivity contribution in [3.8, 4) is 0 Å². The van der Waals surface area contributed by atoms with E-state index in [1.165, 1.54) is 12.1 Å². The first-order valence-corrected chi connectivity index (χ1v) is 9.04. The third kappa shape index (κ3) is 4.87. The number of nitrogens with one attached hydrogen (secondary N) is 1. The van der Waals surface area contributed by atoms with E-state index in [-0.39, 0.29) is 17.8 Å². The molecule has 2 aromatic carbocycles. The van der Waals surface area contributed by atoms with Crippen LogP contribution in [0.1, 0.15) is 22.0 Å². The van der Waals surface area contributed by atoms with Gasteiger partial charge in [0.2, 0.25) is 0 Å². The molecule has 1 amide bonds.